The molecule has 0 aromatic heterocycles. The molecule has 1 fully saturated rings. The van der Waals surface area contributed by atoms with Crippen molar-refractivity contribution in [3.05, 3.63) is 29.3 Å². The van der Waals surface area contributed by atoms with E-state index in [0.717, 1.165) is 5.92 Å². The molecule has 58 valence electrons. The van der Waals surface area contributed by atoms with Gasteiger partial charge in [0.1, 0.15) is 0 Å². The minimum atomic E-state index is 0.884. The third-order valence-electron chi connectivity index (χ3n) is 2.17. The van der Waals surface area contributed by atoms with Gasteiger partial charge in [0.15, 0.2) is 0 Å². The molecule has 0 nitrogen and oxygen atoms in total. The van der Waals surface area contributed by atoms with Gasteiger partial charge < -0.3 is 0 Å². The summed E-state index contributed by atoms with van der Waals surface area (Å²) in [6.45, 7) is 2.17. The number of rotatable bonds is 1. The van der Waals surface area contributed by atoms with E-state index in [1.54, 1.807) is 0 Å². The van der Waals surface area contributed by atoms with Crippen molar-refractivity contribution in [2.75, 3.05) is 0 Å². The van der Waals surface area contributed by atoms with E-state index in [0.29, 0.717) is 0 Å². The van der Waals surface area contributed by atoms with Gasteiger partial charge in [-0.05, 0) is 36.6 Å². The topological polar surface area (TPSA) is 0 Å². The van der Waals surface area contributed by atoms with Crippen molar-refractivity contribution >= 4 is 14.5 Å². The lowest BCUT2D eigenvalue weighted by molar-refractivity contribution is 1.13. The van der Waals surface area contributed by atoms with Crippen molar-refractivity contribution in [2.45, 2.75) is 25.7 Å². The summed E-state index contributed by atoms with van der Waals surface area (Å²) >= 11 is 0. The van der Waals surface area contributed by atoms with E-state index in [-0.39, 0.29) is 0 Å². The van der Waals surface area contributed by atoms with E-state index < -0.39 is 0 Å². The summed E-state index contributed by atoms with van der Waals surface area (Å²) in [4.78, 5) is 0. The Kier molecular flexibility index (Phi) is 1.73. The van der Waals surface area contributed by atoms with Crippen LogP contribution < -0.4 is 5.30 Å². The number of hydrogen-bond acceptors (Lipinski definition) is 0. The van der Waals surface area contributed by atoms with Gasteiger partial charge in [-0.25, -0.2) is 0 Å². The summed E-state index contributed by atoms with van der Waals surface area (Å²) in [5.41, 5.74) is 2.93. The number of aryl methyl sites for hydroxylation is 1. The second-order valence-electron chi connectivity index (χ2n) is 3.45. The summed E-state index contributed by atoms with van der Waals surface area (Å²) in [6.07, 6.45) is 2.79. The van der Waals surface area contributed by atoms with E-state index in [4.69, 9.17) is 0 Å². The predicted molar refractivity (Wildman–Crippen MR) is 52.5 cm³/mol. The monoisotopic (exact) mass is 164 g/mol. The molecule has 0 N–H and O–H groups in total. The molecule has 0 aliphatic heterocycles. The summed E-state index contributed by atoms with van der Waals surface area (Å²) in [5.74, 6) is 0.884. The van der Waals surface area contributed by atoms with Crippen molar-refractivity contribution in [1.29, 1.82) is 0 Å². The smallest absolute Gasteiger partial charge is 0.0161 e. The summed E-state index contributed by atoms with van der Waals surface area (Å²) < 4.78 is 0. The van der Waals surface area contributed by atoms with Crippen molar-refractivity contribution < 1.29 is 0 Å². The van der Waals surface area contributed by atoms with Gasteiger partial charge >= 0.3 is 0 Å². The first-order valence-electron chi connectivity index (χ1n) is 4.13. The zero-order valence-electron chi connectivity index (χ0n) is 6.80. The molecule has 2 rings (SSSR count). The van der Waals surface area contributed by atoms with Crippen molar-refractivity contribution in [3.63, 3.8) is 0 Å². The molecule has 1 aliphatic rings. The highest BCUT2D eigenvalue weighted by molar-refractivity contribution is 7.27. The van der Waals surface area contributed by atoms with Crippen LogP contribution in [0.4, 0.5) is 0 Å². The highest BCUT2D eigenvalue weighted by atomic mass is 31.0. The van der Waals surface area contributed by atoms with Gasteiger partial charge in [0.05, 0.1) is 0 Å². The average Bonchev–Trinajstić information content (AvgIpc) is 2.64. The second-order valence-corrected chi connectivity index (χ2v) is 4.12. The largest absolute Gasteiger partial charge is 0.106 e. The Morgan fingerprint density at radius 1 is 1.27 bits per heavy atom. The standard InChI is InChI=1S/C10H13P/c1-7-4-9(8-2-3-8)6-10(11)5-7/h4-6,8H,2-3,11H2,1H3. The van der Waals surface area contributed by atoms with Crippen LogP contribution in [0, 0.1) is 6.92 Å². The molecule has 1 aromatic carbocycles. The fourth-order valence-corrected chi connectivity index (χ4v) is 1.95. The maximum absolute atomic E-state index is 2.77. The number of benzene rings is 1. The van der Waals surface area contributed by atoms with E-state index in [1.807, 2.05) is 0 Å². The second kappa shape index (κ2) is 2.60. The molecule has 1 saturated carbocycles. The van der Waals surface area contributed by atoms with E-state index in [1.165, 1.54) is 29.3 Å². The predicted octanol–water partition coefficient (Wildman–Crippen LogP) is 2.37. The maximum Gasteiger partial charge on any atom is -0.0161 e. The molecule has 0 bridgehead atoms. The van der Waals surface area contributed by atoms with E-state index in [2.05, 4.69) is 34.4 Å². The molecule has 1 aromatic rings. The minimum absolute atomic E-state index is 0.884. The van der Waals surface area contributed by atoms with E-state index in [9.17, 15) is 0 Å². The molecule has 0 saturated heterocycles. The van der Waals surface area contributed by atoms with Crippen LogP contribution in [0.1, 0.15) is 29.9 Å². The Hall–Kier alpha value is -0.350. The lowest BCUT2D eigenvalue weighted by Crippen LogP contribution is -1.94. The zero-order valence-corrected chi connectivity index (χ0v) is 7.96. The third-order valence-corrected chi connectivity index (χ3v) is 2.50. The van der Waals surface area contributed by atoms with Gasteiger partial charge in [-0.15, -0.1) is 9.24 Å². The molecule has 0 radical (unpaired) electrons. The molecular weight excluding hydrogens is 151 g/mol. The molecule has 1 heteroatoms. The Labute approximate surface area is 70.2 Å². The van der Waals surface area contributed by atoms with Crippen LogP contribution in [0.3, 0.4) is 0 Å². The fraction of sp³-hybridized carbons (Fsp3) is 0.400. The van der Waals surface area contributed by atoms with Crippen LogP contribution in [0.5, 0.6) is 0 Å². The Morgan fingerprint density at radius 2 is 2.00 bits per heavy atom. The Balaban J connectivity index is 2.39. The van der Waals surface area contributed by atoms with Crippen LogP contribution in [0.2, 0.25) is 0 Å². The fourth-order valence-electron chi connectivity index (χ4n) is 1.50. The van der Waals surface area contributed by atoms with Crippen LogP contribution in [-0.2, 0) is 0 Å². The molecule has 0 amide bonds. The Bertz CT molecular complexity index is 254. The number of hydrogen-bond donors (Lipinski definition) is 0. The van der Waals surface area contributed by atoms with Gasteiger partial charge in [-0.3, -0.25) is 0 Å². The first-order valence-corrected chi connectivity index (χ1v) is 4.70. The first kappa shape index (κ1) is 7.31. The SMILES string of the molecule is Cc1cc(P)cc(C2CC2)c1. The van der Waals surface area contributed by atoms with Crippen LogP contribution in [0.25, 0.3) is 0 Å². The summed E-state index contributed by atoms with van der Waals surface area (Å²) in [7, 11) is 2.77. The zero-order chi connectivity index (χ0) is 7.84. The quantitative estimate of drug-likeness (QED) is 0.559. The third kappa shape index (κ3) is 1.62. The van der Waals surface area contributed by atoms with Gasteiger partial charge in [-0.2, -0.15) is 0 Å². The highest BCUT2D eigenvalue weighted by Crippen LogP contribution is 2.39. The molecule has 0 spiro atoms. The van der Waals surface area contributed by atoms with Crippen LogP contribution >= 0.6 is 9.24 Å². The average molecular weight is 164 g/mol. The Morgan fingerprint density at radius 3 is 2.55 bits per heavy atom. The normalized spacial score (nSPS) is 16.9. The maximum atomic E-state index is 2.77. The van der Waals surface area contributed by atoms with Crippen LogP contribution in [-0.4, -0.2) is 0 Å². The first-order chi connectivity index (χ1) is 5.25. The molecule has 1 atom stereocenters. The van der Waals surface area contributed by atoms with Crippen LogP contribution in [0.15, 0.2) is 18.2 Å². The lowest BCUT2D eigenvalue weighted by atomic mass is 10.1. The van der Waals surface area contributed by atoms with E-state index >= 15 is 0 Å². The van der Waals surface area contributed by atoms with Crippen molar-refractivity contribution in [1.82, 2.24) is 0 Å². The summed E-state index contributed by atoms with van der Waals surface area (Å²) in [5, 5.41) is 1.33. The van der Waals surface area contributed by atoms with Crippen molar-refractivity contribution in [3.8, 4) is 0 Å². The van der Waals surface area contributed by atoms with Gasteiger partial charge in [0, 0.05) is 0 Å². The van der Waals surface area contributed by atoms with Gasteiger partial charge in [0.2, 0.25) is 0 Å². The van der Waals surface area contributed by atoms with Gasteiger partial charge in [-0.1, -0.05) is 23.8 Å². The summed E-state index contributed by atoms with van der Waals surface area (Å²) in [6, 6.07) is 6.80. The molecule has 0 heterocycles. The lowest BCUT2D eigenvalue weighted by Gasteiger charge is -2.01. The molecule has 1 unspecified atom stereocenters. The highest BCUT2D eigenvalue weighted by Gasteiger charge is 2.23. The molecule has 11 heavy (non-hydrogen) atoms. The van der Waals surface area contributed by atoms with Gasteiger partial charge in [0.25, 0.3) is 0 Å². The molecular formula is C10H13P. The molecule has 1 aliphatic carbocycles. The minimum Gasteiger partial charge on any atom is -0.106 e. The van der Waals surface area contributed by atoms with Crippen molar-refractivity contribution in [2.24, 2.45) is 0 Å².